The molecule has 7 heteroatoms. The van der Waals surface area contributed by atoms with Crippen molar-refractivity contribution in [2.75, 3.05) is 44.7 Å². The van der Waals surface area contributed by atoms with E-state index in [9.17, 15) is 10.1 Å². The van der Waals surface area contributed by atoms with E-state index in [0.29, 0.717) is 12.2 Å². The molecule has 1 aromatic rings. The van der Waals surface area contributed by atoms with Crippen molar-refractivity contribution >= 4 is 11.4 Å². The average Bonchev–Trinajstić information content (AvgIpc) is 2.45. The van der Waals surface area contributed by atoms with Crippen LogP contribution in [0.4, 0.5) is 11.4 Å². The summed E-state index contributed by atoms with van der Waals surface area (Å²) in [5.74, 6) is 0. The molecule has 1 aliphatic heterocycles. The third-order valence-corrected chi connectivity index (χ3v) is 3.07. The molecule has 0 radical (unpaired) electrons. The summed E-state index contributed by atoms with van der Waals surface area (Å²) in [4.78, 5) is 16.5. The van der Waals surface area contributed by atoms with E-state index in [2.05, 4.69) is 15.2 Å². The van der Waals surface area contributed by atoms with Gasteiger partial charge in [0, 0.05) is 25.8 Å². The summed E-state index contributed by atoms with van der Waals surface area (Å²) in [6, 6.07) is 1.63. The van der Waals surface area contributed by atoms with Gasteiger partial charge in [-0.05, 0) is 19.0 Å². The van der Waals surface area contributed by atoms with Gasteiger partial charge in [0.2, 0.25) is 0 Å². The molecule has 1 aliphatic rings. The Balaban J connectivity index is 1.74. The summed E-state index contributed by atoms with van der Waals surface area (Å²) >= 11 is 0. The second kappa shape index (κ2) is 7.01. The molecule has 0 aromatic carbocycles. The SMILES string of the molecule is O=[N+]([O-])c1cnccc1NCCCN1CCOCC1. The number of aromatic nitrogens is 1. The maximum atomic E-state index is 10.8. The van der Waals surface area contributed by atoms with Gasteiger partial charge < -0.3 is 10.1 Å². The lowest BCUT2D eigenvalue weighted by Crippen LogP contribution is -2.37. The Kier molecular flexibility index (Phi) is 5.05. The number of nitrogens with zero attached hydrogens (tertiary/aromatic N) is 3. The smallest absolute Gasteiger partial charge is 0.310 e. The van der Waals surface area contributed by atoms with Crippen LogP contribution in [0.5, 0.6) is 0 Å². The zero-order valence-corrected chi connectivity index (χ0v) is 10.7. The lowest BCUT2D eigenvalue weighted by molar-refractivity contribution is -0.384. The van der Waals surface area contributed by atoms with Gasteiger partial charge in [-0.15, -0.1) is 0 Å². The first kappa shape index (κ1) is 13.7. The van der Waals surface area contributed by atoms with Crippen LogP contribution in [0.1, 0.15) is 6.42 Å². The van der Waals surface area contributed by atoms with Gasteiger partial charge in [0.1, 0.15) is 11.9 Å². The highest BCUT2D eigenvalue weighted by Gasteiger charge is 2.13. The van der Waals surface area contributed by atoms with Crippen molar-refractivity contribution in [3.05, 3.63) is 28.6 Å². The quantitative estimate of drug-likeness (QED) is 0.472. The maximum absolute atomic E-state index is 10.8. The summed E-state index contributed by atoms with van der Waals surface area (Å²) < 4.78 is 5.28. The molecule has 0 saturated carbocycles. The second-order valence-corrected chi connectivity index (χ2v) is 4.38. The summed E-state index contributed by atoms with van der Waals surface area (Å²) in [5, 5.41) is 13.9. The van der Waals surface area contributed by atoms with Crippen LogP contribution >= 0.6 is 0 Å². The number of hydrogen-bond donors (Lipinski definition) is 1. The molecule has 0 aliphatic carbocycles. The highest BCUT2D eigenvalue weighted by Crippen LogP contribution is 2.21. The monoisotopic (exact) mass is 266 g/mol. The highest BCUT2D eigenvalue weighted by molar-refractivity contribution is 5.59. The van der Waals surface area contributed by atoms with Gasteiger partial charge in [0.25, 0.3) is 0 Å². The van der Waals surface area contributed by atoms with Gasteiger partial charge >= 0.3 is 5.69 Å². The summed E-state index contributed by atoms with van der Waals surface area (Å²) in [6.45, 7) is 5.22. The predicted molar refractivity (Wildman–Crippen MR) is 71.3 cm³/mol. The topological polar surface area (TPSA) is 80.5 Å². The van der Waals surface area contributed by atoms with Crippen molar-refractivity contribution in [3.8, 4) is 0 Å². The first-order chi connectivity index (χ1) is 9.27. The van der Waals surface area contributed by atoms with Crippen LogP contribution in [0, 0.1) is 10.1 Å². The molecule has 1 N–H and O–H groups in total. The molecule has 0 bridgehead atoms. The van der Waals surface area contributed by atoms with Crippen LogP contribution in [-0.4, -0.2) is 54.2 Å². The van der Waals surface area contributed by atoms with Crippen LogP contribution in [0.15, 0.2) is 18.5 Å². The predicted octanol–water partition coefficient (Wildman–Crippen LogP) is 1.12. The molecule has 1 aromatic heterocycles. The molecular formula is C12H18N4O3. The third-order valence-electron chi connectivity index (χ3n) is 3.07. The van der Waals surface area contributed by atoms with Gasteiger partial charge in [-0.25, -0.2) is 0 Å². The zero-order chi connectivity index (χ0) is 13.5. The normalized spacial score (nSPS) is 16.2. The Morgan fingerprint density at radius 2 is 2.26 bits per heavy atom. The van der Waals surface area contributed by atoms with E-state index in [1.807, 2.05) is 0 Å². The maximum Gasteiger partial charge on any atom is 0.310 e. The van der Waals surface area contributed by atoms with E-state index in [-0.39, 0.29) is 5.69 Å². The van der Waals surface area contributed by atoms with E-state index >= 15 is 0 Å². The average molecular weight is 266 g/mol. The zero-order valence-electron chi connectivity index (χ0n) is 10.7. The van der Waals surface area contributed by atoms with E-state index in [4.69, 9.17) is 4.74 Å². The number of anilines is 1. The summed E-state index contributed by atoms with van der Waals surface area (Å²) in [5.41, 5.74) is 0.552. The van der Waals surface area contributed by atoms with Gasteiger partial charge in [0.05, 0.1) is 18.1 Å². The lowest BCUT2D eigenvalue weighted by Gasteiger charge is -2.26. The van der Waals surface area contributed by atoms with E-state index in [1.54, 1.807) is 12.3 Å². The van der Waals surface area contributed by atoms with Crippen molar-refractivity contribution in [2.45, 2.75) is 6.42 Å². The minimum absolute atomic E-state index is 0.0221. The summed E-state index contributed by atoms with van der Waals surface area (Å²) in [6.07, 6.45) is 3.76. The fourth-order valence-corrected chi connectivity index (χ4v) is 2.03. The molecule has 2 rings (SSSR count). The number of hydrogen-bond acceptors (Lipinski definition) is 6. The van der Waals surface area contributed by atoms with Crippen molar-refractivity contribution in [1.82, 2.24) is 9.88 Å². The minimum Gasteiger partial charge on any atom is -0.379 e. The number of morpholine rings is 1. The Bertz CT molecular complexity index is 421. The Labute approximate surface area is 111 Å². The van der Waals surface area contributed by atoms with Gasteiger partial charge in [-0.3, -0.25) is 20.0 Å². The molecule has 0 atom stereocenters. The van der Waals surface area contributed by atoms with Crippen LogP contribution in [-0.2, 0) is 4.74 Å². The number of rotatable bonds is 6. The lowest BCUT2D eigenvalue weighted by atomic mass is 10.3. The molecule has 0 spiro atoms. The van der Waals surface area contributed by atoms with E-state index < -0.39 is 4.92 Å². The van der Waals surface area contributed by atoms with Gasteiger partial charge in [-0.2, -0.15) is 0 Å². The molecule has 19 heavy (non-hydrogen) atoms. The van der Waals surface area contributed by atoms with Crippen molar-refractivity contribution in [3.63, 3.8) is 0 Å². The van der Waals surface area contributed by atoms with Crippen LogP contribution < -0.4 is 5.32 Å². The minimum atomic E-state index is -0.419. The molecule has 1 saturated heterocycles. The van der Waals surface area contributed by atoms with Crippen molar-refractivity contribution in [1.29, 1.82) is 0 Å². The molecule has 0 amide bonds. The number of nitro groups is 1. The third kappa shape index (κ3) is 4.15. The fourth-order valence-electron chi connectivity index (χ4n) is 2.03. The summed E-state index contributed by atoms with van der Waals surface area (Å²) in [7, 11) is 0. The van der Waals surface area contributed by atoms with Gasteiger partial charge in [0.15, 0.2) is 0 Å². The molecule has 104 valence electrons. The Morgan fingerprint density at radius 3 is 3.00 bits per heavy atom. The van der Waals surface area contributed by atoms with Crippen molar-refractivity contribution in [2.24, 2.45) is 0 Å². The number of ether oxygens (including phenoxy) is 1. The van der Waals surface area contributed by atoms with Crippen LogP contribution in [0.2, 0.25) is 0 Å². The van der Waals surface area contributed by atoms with E-state index in [1.165, 1.54) is 6.20 Å². The van der Waals surface area contributed by atoms with Gasteiger partial charge in [-0.1, -0.05) is 0 Å². The fraction of sp³-hybridized carbons (Fsp3) is 0.583. The molecule has 0 unspecified atom stereocenters. The van der Waals surface area contributed by atoms with Crippen LogP contribution in [0.25, 0.3) is 0 Å². The van der Waals surface area contributed by atoms with Crippen molar-refractivity contribution < 1.29 is 9.66 Å². The molecule has 2 heterocycles. The number of pyridine rings is 1. The Hall–Kier alpha value is -1.73. The Morgan fingerprint density at radius 1 is 1.47 bits per heavy atom. The standard InChI is InChI=1S/C12H18N4O3/c17-16(18)12-10-13-4-2-11(12)14-3-1-5-15-6-8-19-9-7-15/h2,4,10H,1,3,5-9H2,(H,13,14). The first-order valence-electron chi connectivity index (χ1n) is 6.40. The van der Waals surface area contributed by atoms with Crippen LogP contribution in [0.3, 0.4) is 0 Å². The van der Waals surface area contributed by atoms with E-state index in [0.717, 1.165) is 39.3 Å². The molecule has 7 nitrogen and oxygen atoms in total. The highest BCUT2D eigenvalue weighted by atomic mass is 16.6. The second-order valence-electron chi connectivity index (χ2n) is 4.38. The molecular weight excluding hydrogens is 248 g/mol. The molecule has 1 fully saturated rings. The largest absolute Gasteiger partial charge is 0.379 e. The first-order valence-corrected chi connectivity index (χ1v) is 6.40. The number of nitrogens with one attached hydrogen (secondary N) is 1.